The largest absolute Gasteiger partial charge is 0.411 e. The average Bonchev–Trinajstić information content (AvgIpc) is 2.37. The SMILES string of the molecule is CC(=NO)C1CN=CS1. The molecule has 1 heterocycles. The second kappa shape index (κ2) is 2.87. The lowest BCUT2D eigenvalue weighted by Crippen LogP contribution is -2.13. The van der Waals surface area contributed by atoms with Crippen LogP contribution in [0.3, 0.4) is 0 Å². The van der Waals surface area contributed by atoms with Crippen LogP contribution in [0, 0.1) is 0 Å². The molecular formula is C5H8N2OS. The highest BCUT2D eigenvalue weighted by molar-refractivity contribution is 8.13. The minimum atomic E-state index is 0.273. The van der Waals surface area contributed by atoms with Crippen LogP contribution in [-0.2, 0) is 0 Å². The molecule has 1 rings (SSSR count). The molecule has 0 aliphatic carbocycles. The number of hydrogen-bond donors (Lipinski definition) is 1. The van der Waals surface area contributed by atoms with Crippen LogP contribution >= 0.6 is 11.8 Å². The van der Waals surface area contributed by atoms with Crippen molar-refractivity contribution >= 4 is 23.0 Å². The predicted molar refractivity (Wildman–Crippen MR) is 39.6 cm³/mol. The minimum absolute atomic E-state index is 0.273. The Balaban J connectivity index is 2.46. The molecule has 3 nitrogen and oxygen atoms in total. The van der Waals surface area contributed by atoms with Crippen molar-refractivity contribution in [2.24, 2.45) is 10.1 Å². The van der Waals surface area contributed by atoms with Crippen LogP contribution in [0.25, 0.3) is 0 Å². The molecule has 0 saturated heterocycles. The van der Waals surface area contributed by atoms with Crippen molar-refractivity contribution in [3.63, 3.8) is 0 Å². The van der Waals surface area contributed by atoms with E-state index in [1.165, 1.54) is 0 Å². The van der Waals surface area contributed by atoms with E-state index in [9.17, 15) is 0 Å². The molecule has 0 fully saturated rings. The van der Waals surface area contributed by atoms with E-state index in [1.807, 2.05) is 0 Å². The van der Waals surface area contributed by atoms with E-state index in [4.69, 9.17) is 5.21 Å². The lowest BCUT2D eigenvalue weighted by Gasteiger charge is -2.01. The fraction of sp³-hybridized carbons (Fsp3) is 0.600. The summed E-state index contributed by atoms with van der Waals surface area (Å²) in [5.41, 5.74) is 2.54. The number of oxime groups is 1. The van der Waals surface area contributed by atoms with Gasteiger partial charge in [0.25, 0.3) is 0 Å². The van der Waals surface area contributed by atoms with Gasteiger partial charge in [0.15, 0.2) is 0 Å². The van der Waals surface area contributed by atoms with Crippen LogP contribution in [0.4, 0.5) is 0 Å². The number of thioether (sulfide) groups is 1. The minimum Gasteiger partial charge on any atom is -0.411 e. The first kappa shape index (κ1) is 6.61. The highest BCUT2D eigenvalue weighted by Gasteiger charge is 2.14. The third-order valence-corrected chi connectivity index (χ3v) is 2.28. The molecule has 1 atom stereocenters. The smallest absolute Gasteiger partial charge is 0.0712 e. The maximum Gasteiger partial charge on any atom is 0.0712 e. The summed E-state index contributed by atoms with van der Waals surface area (Å²) in [4.78, 5) is 3.98. The van der Waals surface area contributed by atoms with Gasteiger partial charge in [-0.3, -0.25) is 4.99 Å². The highest BCUT2D eigenvalue weighted by Crippen LogP contribution is 2.15. The first-order valence-corrected chi connectivity index (χ1v) is 3.61. The Kier molecular flexibility index (Phi) is 2.10. The van der Waals surface area contributed by atoms with Crippen molar-refractivity contribution < 1.29 is 5.21 Å². The zero-order valence-corrected chi connectivity index (χ0v) is 5.93. The van der Waals surface area contributed by atoms with Gasteiger partial charge in [0.05, 0.1) is 23.1 Å². The third-order valence-electron chi connectivity index (χ3n) is 1.19. The van der Waals surface area contributed by atoms with Crippen LogP contribution in [0.5, 0.6) is 0 Å². The van der Waals surface area contributed by atoms with Crippen LogP contribution in [0.2, 0.25) is 0 Å². The topological polar surface area (TPSA) is 45.0 Å². The van der Waals surface area contributed by atoms with E-state index in [0.29, 0.717) is 0 Å². The van der Waals surface area contributed by atoms with Crippen molar-refractivity contribution in [3.05, 3.63) is 0 Å². The first-order chi connectivity index (χ1) is 4.34. The highest BCUT2D eigenvalue weighted by atomic mass is 32.2. The van der Waals surface area contributed by atoms with Crippen molar-refractivity contribution in [1.82, 2.24) is 0 Å². The monoisotopic (exact) mass is 144 g/mol. The molecule has 0 aromatic heterocycles. The van der Waals surface area contributed by atoms with Gasteiger partial charge in [-0.2, -0.15) is 0 Å². The molecule has 1 N–H and O–H groups in total. The molecule has 0 aromatic carbocycles. The average molecular weight is 144 g/mol. The Morgan fingerprint density at radius 2 is 2.78 bits per heavy atom. The van der Waals surface area contributed by atoms with Gasteiger partial charge in [0, 0.05) is 0 Å². The summed E-state index contributed by atoms with van der Waals surface area (Å²) >= 11 is 1.59. The molecule has 0 spiro atoms. The van der Waals surface area contributed by atoms with Crippen molar-refractivity contribution in [3.8, 4) is 0 Å². The van der Waals surface area contributed by atoms with Gasteiger partial charge >= 0.3 is 0 Å². The van der Waals surface area contributed by atoms with Gasteiger partial charge in [0.1, 0.15) is 0 Å². The molecule has 0 radical (unpaired) electrons. The summed E-state index contributed by atoms with van der Waals surface area (Å²) in [7, 11) is 0. The number of rotatable bonds is 1. The number of nitrogens with zero attached hydrogens (tertiary/aromatic N) is 2. The van der Waals surface area contributed by atoms with Gasteiger partial charge < -0.3 is 5.21 Å². The lowest BCUT2D eigenvalue weighted by molar-refractivity contribution is 0.317. The van der Waals surface area contributed by atoms with E-state index >= 15 is 0 Å². The molecule has 1 aliphatic heterocycles. The van der Waals surface area contributed by atoms with Crippen LogP contribution in [-0.4, -0.2) is 28.3 Å². The Morgan fingerprint density at radius 3 is 3.22 bits per heavy atom. The standard InChI is InChI=1S/C5H8N2OS/c1-4(7-8)5-2-6-3-9-5/h3,5,8H,2H2,1H3. The van der Waals surface area contributed by atoms with Crippen molar-refractivity contribution in [1.29, 1.82) is 0 Å². The molecular weight excluding hydrogens is 136 g/mol. The molecule has 1 aliphatic rings. The Labute approximate surface area is 57.9 Å². The molecule has 0 amide bonds. The second-order valence-electron chi connectivity index (χ2n) is 1.84. The van der Waals surface area contributed by atoms with Crippen LogP contribution in [0.15, 0.2) is 10.1 Å². The summed E-state index contributed by atoms with van der Waals surface area (Å²) in [5, 5.41) is 11.7. The summed E-state index contributed by atoms with van der Waals surface area (Å²) in [5.74, 6) is 0. The molecule has 1 unspecified atom stereocenters. The van der Waals surface area contributed by atoms with E-state index in [0.717, 1.165) is 12.3 Å². The lowest BCUT2D eigenvalue weighted by atomic mass is 10.3. The number of aliphatic imine (C=N–C) groups is 1. The van der Waals surface area contributed by atoms with Gasteiger partial charge in [-0.1, -0.05) is 5.16 Å². The second-order valence-corrected chi connectivity index (χ2v) is 2.89. The Bertz CT molecular complexity index is 147. The molecule has 0 saturated carbocycles. The predicted octanol–water partition coefficient (Wildman–Crippen LogP) is 0.980. The van der Waals surface area contributed by atoms with Gasteiger partial charge in [-0.05, 0) is 6.92 Å². The van der Waals surface area contributed by atoms with Crippen molar-refractivity contribution in [2.75, 3.05) is 6.54 Å². The van der Waals surface area contributed by atoms with E-state index < -0.39 is 0 Å². The van der Waals surface area contributed by atoms with E-state index in [1.54, 1.807) is 24.2 Å². The molecule has 0 bridgehead atoms. The fourth-order valence-corrected chi connectivity index (χ4v) is 1.33. The van der Waals surface area contributed by atoms with Gasteiger partial charge in [-0.15, -0.1) is 11.8 Å². The molecule has 4 heteroatoms. The fourth-order valence-electron chi connectivity index (χ4n) is 0.593. The molecule has 50 valence electrons. The zero-order chi connectivity index (χ0) is 6.69. The first-order valence-electron chi connectivity index (χ1n) is 2.67. The summed E-state index contributed by atoms with van der Waals surface area (Å²) in [6, 6.07) is 0. The number of hydrogen-bond acceptors (Lipinski definition) is 4. The zero-order valence-electron chi connectivity index (χ0n) is 5.11. The van der Waals surface area contributed by atoms with Crippen LogP contribution < -0.4 is 0 Å². The van der Waals surface area contributed by atoms with E-state index in [2.05, 4.69) is 10.1 Å². The normalized spacial score (nSPS) is 27.2. The summed E-state index contributed by atoms with van der Waals surface area (Å²) < 4.78 is 0. The van der Waals surface area contributed by atoms with Crippen LogP contribution in [0.1, 0.15) is 6.92 Å². The molecule has 0 aromatic rings. The summed E-state index contributed by atoms with van der Waals surface area (Å²) in [6.45, 7) is 2.55. The Morgan fingerprint density at radius 1 is 2.00 bits per heavy atom. The van der Waals surface area contributed by atoms with Crippen molar-refractivity contribution in [2.45, 2.75) is 12.2 Å². The Hall–Kier alpha value is -0.510. The van der Waals surface area contributed by atoms with E-state index in [-0.39, 0.29) is 5.25 Å². The van der Waals surface area contributed by atoms with Gasteiger partial charge in [-0.25, -0.2) is 0 Å². The summed E-state index contributed by atoms with van der Waals surface area (Å²) in [6.07, 6.45) is 0. The van der Waals surface area contributed by atoms with Gasteiger partial charge in [0.2, 0.25) is 0 Å². The maximum atomic E-state index is 8.31. The maximum absolute atomic E-state index is 8.31. The third kappa shape index (κ3) is 1.45. The molecule has 9 heavy (non-hydrogen) atoms. The quantitative estimate of drug-likeness (QED) is 0.339.